The average Bonchev–Trinajstić information content (AvgIpc) is 2.89. The maximum Gasteiger partial charge on any atom is 0.199 e. The van der Waals surface area contributed by atoms with Gasteiger partial charge in [-0.05, 0) is 30.9 Å². The minimum absolute atomic E-state index is 0.0825. The van der Waals surface area contributed by atoms with Crippen LogP contribution in [0.1, 0.15) is 36.2 Å². The van der Waals surface area contributed by atoms with Crippen LogP contribution in [-0.4, -0.2) is 43.0 Å². The number of hydrogen-bond donors (Lipinski definition) is 0. The van der Waals surface area contributed by atoms with Crippen LogP contribution in [0.3, 0.4) is 0 Å². The predicted octanol–water partition coefficient (Wildman–Crippen LogP) is 2.35. The lowest BCUT2D eigenvalue weighted by Gasteiger charge is -2.39. The van der Waals surface area contributed by atoms with Crippen molar-refractivity contribution in [2.24, 2.45) is 5.92 Å². The number of Topliss-reactive ketones (excluding diaryl/α,β-unsaturated/α-hetero) is 1. The molecule has 1 aliphatic carbocycles. The molecule has 1 aromatic heterocycles. The number of nitrogens with zero attached hydrogens (tertiary/aromatic N) is 1. The van der Waals surface area contributed by atoms with Crippen molar-refractivity contribution in [3.05, 3.63) is 24.2 Å². The molecule has 2 heterocycles. The molecule has 1 saturated heterocycles. The Balaban J connectivity index is 1.58. The van der Waals surface area contributed by atoms with Crippen LogP contribution in [0, 0.1) is 5.92 Å². The van der Waals surface area contributed by atoms with E-state index in [9.17, 15) is 4.79 Å². The van der Waals surface area contributed by atoms with Crippen LogP contribution in [0.4, 0.5) is 0 Å². The van der Waals surface area contributed by atoms with E-state index in [1.165, 1.54) is 19.3 Å². The second-order valence-corrected chi connectivity index (χ2v) is 5.63. The molecular weight excluding hydrogens is 242 g/mol. The molecule has 0 aromatic carbocycles. The van der Waals surface area contributed by atoms with Crippen LogP contribution in [0.5, 0.6) is 0 Å². The minimum atomic E-state index is 0.0825. The van der Waals surface area contributed by atoms with Gasteiger partial charge in [0.2, 0.25) is 0 Å². The fraction of sp³-hybridized carbons (Fsp3) is 0.667. The molecule has 0 unspecified atom stereocenters. The van der Waals surface area contributed by atoms with Crippen LogP contribution in [0.25, 0.3) is 0 Å². The third-order valence-electron chi connectivity index (χ3n) is 4.28. The third kappa shape index (κ3) is 3.07. The maximum atomic E-state index is 12.1. The highest BCUT2D eigenvalue weighted by Crippen LogP contribution is 2.28. The Labute approximate surface area is 113 Å². The van der Waals surface area contributed by atoms with Crippen LogP contribution in [-0.2, 0) is 4.74 Å². The van der Waals surface area contributed by atoms with E-state index in [0.29, 0.717) is 18.8 Å². The van der Waals surface area contributed by atoms with Crippen LogP contribution >= 0.6 is 0 Å². The van der Waals surface area contributed by atoms with Gasteiger partial charge in [-0.2, -0.15) is 0 Å². The molecule has 0 bridgehead atoms. The molecule has 1 aromatic rings. The molecule has 3 rings (SSSR count). The van der Waals surface area contributed by atoms with Crippen LogP contribution < -0.4 is 0 Å². The highest BCUT2D eigenvalue weighted by molar-refractivity contribution is 5.93. The first kappa shape index (κ1) is 12.9. The zero-order valence-corrected chi connectivity index (χ0v) is 11.2. The summed E-state index contributed by atoms with van der Waals surface area (Å²) in [6, 6.07) is 3.71. The molecule has 2 fully saturated rings. The van der Waals surface area contributed by atoms with Crippen molar-refractivity contribution in [1.82, 2.24) is 4.90 Å². The van der Waals surface area contributed by atoms with E-state index in [0.717, 1.165) is 25.6 Å². The molecule has 1 aliphatic heterocycles. The Morgan fingerprint density at radius 1 is 1.42 bits per heavy atom. The van der Waals surface area contributed by atoms with Crippen molar-refractivity contribution in [3.63, 3.8) is 0 Å². The van der Waals surface area contributed by atoms with Gasteiger partial charge in [0.25, 0.3) is 0 Å². The van der Waals surface area contributed by atoms with Gasteiger partial charge in [0, 0.05) is 25.6 Å². The Morgan fingerprint density at radius 2 is 2.32 bits per heavy atom. The highest BCUT2D eigenvalue weighted by Gasteiger charge is 2.29. The summed E-state index contributed by atoms with van der Waals surface area (Å²) in [4.78, 5) is 14.6. The van der Waals surface area contributed by atoms with E-state index in [-0.39, 0.29) is 11.8 Å². The number of furan rings is 1. The van der Waals surface area contributed by atoms with Gasteiger partial charge in [-0.25, -0.2) is 0 Å². The van der Waals surface area contributed by atoms with E-state index in [4.69, 9.17) is 9.15 Å². The van der Waals surface area contributed by atoms with E-state index in [1.54, 1.807) is 18.4 Å². The van der Waals surface area contributed by atoms with Crippen molar-refractivity contribution in [1.29, 1.82) is 0 Å². The van der Waals surface area contributed by atoms with Crippen molar-refractivity contribution >= 4 is 5.78 Å². The van der Waals surface area contributed by atoms with Crippen molar-refractivity contribution in [2.45, 2.75) is 31.7 Å². The Bertz CT molecular complexity index is 411. The number of rotatable bonds is 5. The molecule has 0 spiro atoms. The first-order chi connectivity index (χ1) is 9.33. The summed E-state index contributed by atoms with van der Waals surface area (Å²) in [5, 5.41) is 0. The largest absolute Gasteiger partial charge is 0.461 e. The number of carbonyl (C=O) groups excluding carboxylic acids is 1. The predicted molar refractivity (Wildman–Crippen MR) is 71.2 cm³/mol. The zero-order chi connectivity index (χ0) is 13.1. The smallest absolute Gasteiger partial charge is 0.199 e. The lowest BCUT2D eigenvalue weighted by Crippen LogP contribution is -2.49. The van der Waals surface area contributed by atoms with Gasteiger partial charge in [-0.3, -0.25) is 9.69 Å². The summed E-state index contributed by atoms with van der Waals surface area (Å²) in [6.07, 6.45) is 6.11. The molecular formula is C15H21NO3. The van der Waals surface area contributed by atoms with Crippen LogP contribution in [0.2, 0.25) is 0 Å². The first-order valence-corrected chi connectivity index (χ1v) is 7.21. The van der Waals surface area contributed by atoms with E-state index in [2.05, 4.69) is 4.90 Å². The molecule has 0 N–H and O–H groups in total. The van der Waals surface area contributed by atoms with Crippen molar-refractivity contribution in [2.75, 3.05) is 26.3 Å². The second kappa shape index (κ2) is 5.88. The van der Waals surface area contributed by atoms with Gasteiger partial charge in [-0.15, -0.1) is 0 Å². The molecule has 1 atom stereocenters. The maximum absolute atomic E-state index is 12.1. The minimum Gasteiger partial charge on any atom is -0.461 e. The highest BCUT2D eigenvalue weighted by atomic mass is 16.5. The second-order valence-electron chi connectivity index (χ2n) is 5.63. The van der Waals surface area contributed by atoms with E-state index in [1.807, 2.05) is 0 Å². The van der Waals surface area contributed by atoms with Crippen molar-refractivity contribution < 1.29 is 13.9 Å². The molecule has 104 valence electrons. The summed E-state index contributed by atoms with van der Waals surface area (Å²) in [5.41, 5.74) is 0. The Kier molecular flexibility index (Phi) is 3.99. The fourth-order valence-electron chi connectivity index (χ4n) is 2.88. The van der Waals surface area contributed by atoms with Crippen LogP contribution in [0.15, 0.2) is 22.8 Å². The monoisotopic (exact) mass is 263 g/mol. The fourth-order valence-corrected chi connectivity index (χ4v) is 2.88. The first-order valence-electron chi connectivity index (χ1n) is 7.21. The molecule has 19 heavy (non-hydrogen) atoms. The molecule has 4 heteroatoms. The summed E-state index contributed by atoms with van der Waals surface area (Å²) >= 11 is 0. The lowest BCUT2D eigenvalue weighted by molar-refractivity contribution is -0.0206. The zero-order valence-electron chi connectivity index (χ0n) is 11.2. The standard InChI is InChI=1S/C15H21NO3/c17-14(15-5-2-7-19-15)9-13-11-18-8-6-16(13)10-12-3-1-4-12/h2,5,7,12-13H,1,3-4,6,8-11H2/t13-/m1/s1. The average molecular weight is 263 g/mol. The molecule has 2 aliphatic rings. The van der Waals surface area contributed by atoms with Gasteiger partial charge >= 0.3 is 0 Å². The number of carbonyl (C=O) groups is 1. The van der Waals surface area contributed by atoms with E-state index >= 15 is 0 Å². The summed E-state index contributed by atoms with van der Waals surface area (Å²) in [6.45, 7) is 3.53. The van der Waals surface area contributed by atoms with Crippen molar-refractivity contribution in [3.8, 4) is 0 Å². The Morgan fingerprint density at radius 3 is 3.00 bits per heavy atom. The molecule has 0 amide bonds. The summed E-state index contributed by atoms with van der Waals surface area (Å²) in [5.74, 6) is 1.38. The van der Waals surface area contributed by atoms with Gasteiger partial charge < -0.3 is 9.15 Å². The molecule has 4 nitrogen and oxygen atoms in total. The number of ether oxygens (including phenoxy) is 1. The van der Waals surface area contributed by atoms with Gasteiger partial charge in [0.05, 0.1) is 19.5 Å². The number of morpholine rings is 1. The quantitative estimate of drug-likeness (QED) is 0.765. The molecule has 1 saturated carbocycles. The topological polar surface area (TPSA) is 42.7 Å². The Hall–Kier alpha value is -1.13. The van der Waals surface area contributed by atoms with E-state index < -0.39 is 0 Å². The third-order valence-corrected chi connectivity index (χ3v) is 4.28. The number of hydrogen-bond acceptors (Lipinski definition) is 4. The summed E-state index contributed by atoms with van der Waals surface area (Å²) < 4.78 is 10.7. The SMILES string of the molecule is O=C(C[C@@H]1COCCN1CC1CCC1)c1ccco1. The lowest BCUT2D eigenvalue weighted by atomic mass is 9.84. The number of ketones is 1. The van der Waals surface area contributed by atoms with Gasteiger partial charge in [0.1, 0.15) is 0 Å². The van der Waals surface area contributed by atoms with Gasteiger partial charge in [0.15, 0.2) is 11.5 Å². The normalized spacial score (nSPS) is 25.2. The van der Waals surface area contributed by atoms with Gasteiger partial charge in [-0.1, -0.05) is 6.42 Å². The molecule has 0 radical (unpaired) electrons. The summed E-state index contributed by atoms with van der Waals surface area (Å²) in [7, 11) is 0.